The minimum absolute atomic E-state index is 0.235. The topological polar surface area (TPSA) is 37.4 Å². The Hall–Kier alpha value is -2.42. The summed E-state index contributed by atoms with van der Waals surface area (Å²) in [5.74, 6) is -0.749. The number of benzene rings is 2. The van der Waals surface area contributed by atoms with Gasteiger partial charge in [0.1, 0.15) is 0 Å². The van der Waals surface area contributed by atoms with E-state index in [0.717, 1.165) is 29.7 Å². The predicted octanol–water partition coefficient (Wildman–Crippen LogP) is 4.27. The van der Waals surface area contributed by atoms with Crippen molar-refractivity contribution < 1.29 is 9.59 Å². The van der Waals surface area contributed by atoms with Gasteiger partial charge in [-0.25, -0.2) is 0 Å². The van der Waals surface area contributed by atoms with Crippen LogP contribution in [-0.4, -0.2) is 17.2 Å². The molecule has 0 fully saturated rings. The predicted molar refractivity (Wildman–Crippen MR) is 99.2 cm³/mol. The smallest absolute Gasteiger partial charge is 0.299 e. The number of Topliss-reactive ketones (excluding diaryl/α,β-unsaturated/α-hetero) is 1. The molecular weight excluding hydrogens is 310 g/mol. The highest BCUT2D eigenvalue weighted by molar-refractivity contribution is 6.53. The SMILES string of the molecule is CCc1cc2c3c(c1)[C@@](C)(c1ccccc1)CC(C)(C)N3C(=O)C2=O. The zero-order valence-corrected chi connectivity index (χ0v) is 15.2. The second kappa shape index (κ2) is 5.04. The first kappa shape index (κ1) is 16.1. The van der Waals surface area contributed by atoms with Crippen molar-refractivity contribution in [3.63, 3.8) is 0 Å². The fourth-order valence-electron chi connectivity index (χ4n) is 4.73. The highest BCUT2D eigenvalue weighted by Gasteiger charge is 2.53. The summed E-state index contributed by atoms with van der Waals surface area (Å²) < 4.78 is 0. The number of hydrogen-bond donors (Lipinski definition) is 0. The first-order valence-electron chi connectivity index (χ1n) is 8.91. The van der Waals surface area contributed by atoms with Crippen molar-refractivity contribution in [2.75, 3.05) is 4.90 Å². The van der Waals surface area contributed by atoms with E-state index >= 15 is 0 Å². The lowest BCUT2D eigenvalue weighted by molar-refractivity contribution is -0.115. The molecule has 2 heterocycles. The number of aryl methyl sites for hydroxylation is 1. The molecule has 2 aliphatic rings. The van der Waals surface area contributed by atoms with Crippen molar-refractivity contribution in [1.29, 1.82) is 0 Å². The third-order valence-electron chi connectivity index (χ3n) is 5.84. The Labute approximate surface area is 148 Å². The molecule has 1 atom stereocenters. The summed E-state index contributed by atoms with van der Waals surface area (Å²) in [7, 11) is 0. The lowest BCUT2D eigenvalue weighted by Crippen LogP contribution is -2.54. The number of amides is 1. The van der Waals surface area contributed by atoms with Crippen LogP contribution in [0.3, 0.4) is 0 Å². The van der Waals surface area contributed by atoms with Gasteiger partial charge in [-0.05, 0) is 49.4 Å². The monoisotopic (exact) mass is 333 g/mol. The third-order valence-corrected chi connectivity index (χ3v) is 5.84. The molecule has 0 saturated carbocycles. The summed E-state index contributed by atoms with van der Waals surface area (Å²) in [6.07, 6.45) is 1.62. The van der Waals surface area contributed by atoms with Crippen molar-refractivity contribution in [2.45, 2.75) is 51.5 Å². The molecule has 0 saturated heterocycles. The van der Waals surface area contributed by atoms with E-state index in [2.05, 4.69) is 58.0 Å². The summed E-state index contributed by atoms with van der Waals surface area (Å²) in [5.41, 5.74) is 4.20. The molecule has 0 N–H and O–H groups in total. The van der Waals surface area contributed by atoms with Crippen LogP contribution in [-0.2, 0) is 16.6 Å². The van der Waals surface area contributed by atoms with Crippen LogP contribution in [0.5, 0.6) is 0 Å². The molecule has 0 spiro atoms. The van der Waals surface area contributed by atoms with Gasteiger partial charge in [-0.3, -0.25) is 14.5 Å². The number of rotatable bonds is 2. The lowest BCUT2D eigenvalue weighted by Gasteiger charge is -2.49. The fraction of sp³-hybridized carbons (Fsp3) is 0.364. The second-order valence-electron chi connectivity index (χ2n) is 8.05. The van der Waals surface area contributed by atoms with E-state index in [9.17, 15) is 9.59 Å². The molecular formula is C22H23NO2. The minimum Gasteiger partial charge on any atom is -0.299 e. The van der Waals surface area contributed by atoms with Crippen molar-refractivity contribution in [2.24, 2.45) is 0 Å². The minimum atomic E-state index is -0.413. The van der Waals surface area contributed by atoms with E-state index in [4.69, 9.17) is 0 Å². The van der Waals surface area contributed by atoms with Gasteiger partial charge in [0.2, 0.25) is 0 Å². The van der Waals surface area contributed by atoms with Crippen LogP contribution in [0.15, 0.2) is 42.5 Å². The molecule has 0 aromatic heterocycles. The summed E-state index contributed by atoms with van der Waals surface area (Å²) in [6, 6.07) is 14.5. The quantitative estimate of drug-likeness (QED) is 0.770. The molecule has 0 aliphatic carbocycles. The molecule has 2 aromatic carbocycles. The number of ketones is 1. The van der Waals surface area contributed by atoms with Crippen LogP contribution >= 0.6 is 0 Å². The molecule has 25 heavy (non-hydrogen) atoms. The first-order chi connectivity index (χ1) is 11.8. The number of carbonyl (C=O) groups is 2. The average Bonchev–Trinajstić information content (AvgIpc) is 2.85. The van der Waals surface area contributed by atoms with Crippen molar-refractivity contribution in [3.05, 3.63) is 64.7 Å². The molecule has 0 unspecified atom stereocenters. The molecule has 4 rings (SSSR count). The molecule has 128 valence electrons. The molecule has 0 radical (unpaired) electrons. The van der Waals surface area contributed by atoms with E-state index in [1.807, 2.05) is 12.1 Å². The molecule has 2 aromatic rings. The van der Waals surface area contributed by atoms with Crippen molar-refractivity contribution in [1.82, 2.24) is 0 Å². The highest BCUT2D eigenvalue weighted by Crippen LogP contribution is 2.54. The van der Waals surface area contributed by atoms with Crippen LogP contribution in [0.1, 0.15) is 61.2 Å². The van der Waals surface area contributed by atoms with E-state index in [1.165, 1.54) is 5.56 Å². The third kappa shape index (κ3) is 2.05. The Morgan fingerprint density at radius 3 is 2.36 bits per heavy atom. The van der Waals surface area contributed by atoms with Crippen molar-refractivity contribution >= 4 is 17.4 Å². The van der Waals surface area contributed by atoms with Gasteiger partial charge in [-0.1, -0.05) is 50.2 Å². The summed E-state index contributed by atoms with van der Waals surface area (Å²) in [4.78, 5) is 27.1. The number of hydrogen-bond acceptors (Lipinski definition) is 2. The van der Waals surface area contributed by atoms with Crippen LogP contribution in [0.4, 0.5) is 5.69 Å². The van der Waals surface area contributed by atoms with Gasteiger partial charge in [-0.15, -0.1) is 0 Å². The maximum atomic E-state index is 12.7. The fourth-order valence-corrected chi connectivity index (χ4v) is 4.73. The second-order valence-corrected chi connectivity index (χ2v) is 8.05. The van der Waals surface area contributed by atoms with E-state index in [-0.39, 0.29) is 17.1 Å². The zero-order chi connectivity index (χ0) is 18.0. The van der Waals surface area contributed by atoms with Crippen LogP contribution < -0.4 is 4.90 Å². The van der Waals surface area contributed by atoms with Gasteiger partial charge >= 0.3 is 0 Å². The van der Waals surface area contributed by atoms with E-state index in [0.29, 0.717) is 5.56 Å². The zero-order valence-electron chi connectivity index (χ0n) is 15.2. The van der Waals surface area contributed by atoms with Crippen LogP contribution in [0.2, 0.25) is 0 Å². The Bertz CT molecular complexity index is 898. The Kier molecular flexibility index (Phi) is 3.24. The largest absolute Gasteiger partial charge is 0.299 e. The number of anilines is 1. The summed E-state index contributed by atoms with van der Waals surface area (Å²) in [5, 5.41) is 0. The highest BCUT2D eigenvalue weighted by atomic mass is 16.2. The van der Waals surface area contributed by atoms with Gasteiger partial charge in [0, 0.05) is 11.0 Å². The van der Waals surface area contributed by atoms with Gasteiger partial charge < -0.3 is 0 Å². The molecule has 3 nitrogen and oxygen atoms in total. The lowest BCUT2D eigenvalue weighted by atomic mass is 9.65. The molecule has 2 aliphatic heterocycles. The van der Waals surface area contributed by atoms with Crippen LogP contribution in [0.25, 0.3) is 0 Å². The molecule has 1 amide bonds. The normalized spacial score (nSPS) is 23.8. The average molecular weight is 333 g/mol. The Morgan fingerprint density at radius 2 is 1.72 bits per heavy atom. The number of nitrogens with zero attached hydrogens (tertiary/aromatic N) is 1. The molecule has 0 bridgehead atoms. The summed E-state index contributed by atoms with van der Waals surface area (Å²) >= 11 is 0. The van der Waals surface area contributed by atoms with E-state index in [1.54, 1.807) is 4.90 Å². The van der Waals surface area contributed by atoms with Gasteiger partial charge in [0.25, 0.3) is 11.7 Å². The first-order valence-corrected chi connectivity index (χ1v) is 8.91. The maximum absolute atomic E-state index is 12.7. The Morgan fingerprint density at radius 1 is 1.04 bits per heavy atom. The van der Waals surface area contributed by atoms with E-state index < -0.39 is 5.54 Å². The summed E-state index contributed by atoms with van der Waals surface area (Å²) in [6.45, 7) is 8.44. The number of carbonyl (C=O) groups excluding carboxylic acids is 2. The maximum Gasteiger partial charge on any atom is 0.299 e. The van der Waals surface area contributed by atoms with Gasteiger partial charge in [0.15, 0.2) is 0 Å². The standard InChI is InChI=1S/C22H23NO2/c1-5-14-11-16-18-17(12-14)22(4,15-9-7-6-8-10-15)13-21(2,3)23(18)20(25)19(16)24/h6-12H,5,13H2,1-4H3/t22-/m1/s1. The molecule has 3 heteroatoms. The van der Waals surface area contributed by atoms with Gasteiger partial charge in [-0.2, -0.15) is 0 Å². The van der Waals surface area contributed by atoms with Gasteiger partial charge in [0.05, 0.1) is 11.3 Å². The Balaban J connectivity index is 2.08. The van der Waals surface area contributed by atoms with Crippen LogP contribution in [0, 0.1) is 0 Å². The van der Waals surface area contributed by atoms with Crippen molar-refractivity contribution in [3.8, 4) is 0 Å².